The maximum atomic E-state index is 10.9. The van der Waals surface area contributed by atoms with Crippen LogP contribution in [0.15, 0.2) is 45.7 Å². The quantitative estimate of drug-likeness (QED) is 0.623. The number of hydrogen-bond acceptors (Lipinski definition) is 4. The van der Waals surface area contributed by atoms with Crippen LogP contribution in [-0.2, 0) is 13.1 Å². The number of hydrogen-bond donors (Lipinski definition) is 0. The minimum Gasteiger partial charge on any atom is -0.472 e. The molecule has 0 bridgehead atoms. The highest BCUT2D eigenvalue weighted by Crippen LogP contribution is 2.29. The van der Waals surface area contributed by atoms with Gasteiger partial charge in [0.25, 0.3) is 5.69 Å². The fraction of sp³-hybridized carbons (Fsp3) is 0.231. The number of nitro groups is 1. The molecule has 100 valence electrons. The predicted octanol–water partition coefficient (Wildman–Crippen LogP) is 3.58. The van der Waals surface area contributed by atoms with Crippen LogP contribution in [0.3, 0.4) is 0 Å². The maximum Gasteiger partial charge on any atom is 0.283 e. The molecule has 1 aromatic heterocycles. The molecule has 0 aliphatic rings. The summed E-state index contributed by atoms with van der Waals surface area (Å²) >= 11 is 3.30. The first-order valence-corrected chi connectivity index (χ1v) is 6.48. The predicted molar refractivity (Wildman–Crippen MR) is 74.7 cm³/mol. The van der Waals surface area contributed by atoms with Gasteiger partial charge in [0.05, 0.1) is 21.9 Å². The van der Waals surface area contributed by atoms with Gasteiger partial charge in [-0.3, -0.25) is 15.0 Å². The summed E-state index contributed by atoms with van der Waals surface area (Å²) in [7, 11) is 1.96. The molecule has 2 aromatic rings. The van der Waals surface area contributed by atoms with Gasteiger partial charge in [-0.25, -0.2) is 0 Å². The van der Waals surface area contributed by atoms with Gasteiger partial charge in [-0.05, 0) is 34.6 Å². The molecule has 0 radical (unpaired) electrons. The van der Waals surface area contributed by atoms with Crippen molar-refractivity contribution in [2.75, 3.05) is 7.05 Å². The Bertz CT molecular complexity index is 569. The zero-order valence-corrected chi connectivity index (χ0v) is 12.0. The van der Waals surface area contributed by atoms with E-state index in [4.69, 9.17) is 4.42 Å². The number of nitro benzene ring substituents is 1. The van der Waals surface area contributed by atoms with E-state index in [-0.39, 0.29) is 10.6 Å². The zero-order chi connectivity index (χ0) is 13.8. The van der Waals surface area contributed by atoms with Crippen LogP contribution in [-0.4, -0.2) is 16.9 Å². The van der Waals surface area contributed by atoms with Crippen molar-refractivity contribution in [2.24, 2.45) is 0 Å². The molecule has 0 aliphatic carbocycles. The van der Waals surface area contributed by atoms with E-state index >= 15 is 0 Å². The molecule has 1 heterocycles. The number of nitrogens with zero attached hydrogens (tertiary/aromatic N) is 2. The standard InChI is InChI=1S/C13H13BrN2O3/c1-15(7-10-5-6-19-9-10)8-11-3-2-4-12(13(11)14)16(17)18/h2-6,9H,7-8H2,1H3. The van der Waals surface area contributed by atoms with Crippen molar-refractivity contribution in [1.82, 2.24) is 4.90 Å². The van der Waals surface area contributed by atoms with Crippen LogP contribution in [0.2, 0.25) is 0 Å². The SMILES string of the molecule is CN(Cc1ccoc1)Cc1cccc([N+](=O)[O-])c1Br. The van der Waals surface area contributed by atoms with Crippen molar-refractivity contribution in [3.8, 4) is 0 Å². The smallest absolute Gasteiger partial charge is 0.283 e. The minimum atomic E-state index is -0.385. The van der Waals surface area contributed by atoms with E-state index in [0.29, 0.717) is 11.0 Å². The van der Waals surface area contributed by atoms with E-state index in [1.165, 1.54) is 6.07 Å². The van der Waals surface area contributed by atoms with E-state index < -0.39 is 0 Å². The van der Waals surface area contributed by atoms with Crippen molar-refractivity contribution in [2.45, 2.75) is 13.1 Å². The van der Waals surface area contributed by atoms with Crippen LogP contribution in [0.5, 0.6) is 0 Å². The highest BCUT2D eigenvalue weighted by atomic mass is 79.9. The Kier molecular flexibility index (Phi) is 4.34. The lowest BCUT2D eigenvalue weighted by atomic mass is 10.2. The molecule has 19 heavy (non-hydrogen) atoms. The summed E-state index contributed by atoms with van der Waals surface area (Å²) in [5.74, 6) is 0. The van der Waals surface area contributed by atoms with Crippen LogP contribution in [0, 0.1) is 10.1 Å². The lowest BCUT2D eigenvalue weighted by Crippen LogP contribution is -2.17. The topological polar surface area (TPSA) is 59.5 Å². The van der Waals surface area contributed by atoms with Gasteiger partial charge in [-0.15, -0.1) is 0 Å². The summed E-state index contributed by atoms with van der Waals surface area (Å²) in [5, 5.41) is 10.9. The summed E-state index contributed by atoms with van der Waals surface area (Å²) < 4.78 is 5.56. The molecule has 0 saturated heterocycles. The van der Waals surface area contributed by atoms with Gasteiger partial charge in [0.1, 0.15) is 0 Å². The third-order valence-electron chi connectivity index (χ3n) is 2.73. The first kappa shape index (κ1) is 13.8. The van der Waals surface area contributed by atoms with Gasteiger partial charge in [-0.1, -0.05) is 12.1 Å². The third kappa shape index (κ3) is 3.42. The number of halogens is 1. The number of furan rings is 1. The molecule has 0 N–H and O–H groups in total. The first-order chi connectivity index (χ1) is 9.08. The number of rotatable bonds is 5. The lowest BCUT2D eigenvalue weighted by Gasteiger charge is -2.16. The highest BCUT2D eigenvalue weighted by molar-refractivity contribution is 9.10. The molecule has 0 unspecified atom stereocenters. The molecule has 0 saturated carbocycles. The molecule has 2 rings (SSSR count). The van der Waals surface area contributed by atoms with E-state index in [2.05, 4.69) is 20.8 Å². The molecular weight excluding hydrogens is 312 g/mol. The van der Waals surface area contributed by atoms with Crippen LogP contribution in [0.25, 0.3) is 0 Å². The second-order valence-electron chi connectivity index (χ2n) is 4.31. The van der Waals surface area contributed by atoms with Gasteiger partial charge in [0.2, 0.25) is 0 Å². The van der Waals surface area contributed by atoms with E-state index in [9.17, 15) is 10.1 Å². The van der Waals surface area contributed by atoms with Crippen molar-refractivity contribution in [3.05, 3.63) is 62.5 Å². The number of benzene rings is 1. The van der Waals surface area contributed by atoms with Crippen LogP contribution in [0.1, 0.15) is 11.1 Å². The van der Waals surface area contributed by atoms with Crippen LogP contribution < -0.4 is 0 Å². The third-order valence-corrected chi connectivity index (χ3v) is 3.64. The minimum absolute atomic E-state index is 0.0919. The van der Waals surface area contributed by atoms with E-state index in [1.54, 1.807) is 18.6 Å². The Morgan fingerprint density at radius 2 is 2.16 bits per heavy atom. The highest BCUT2D eigenvalue weighted by Gasteiger charge is 2.15. The first-order valence-electron chi connectivity index (χ1n) is 5.69. The average Bonchev–Trinajstić information content (AvgIpc) is 2.84. The summed E-state index contributed by atoms with van der Waals surface area (Å²) in [4.78, 5) is 12.5. The van der Waals surface area contributed by atoms with Crippen LogP contribution >= 0.6 is 15.9 Å². The maximum absolute atomic E-state index is 10.9. The zero-order valence-electron chi connectivity index (χ0n) is 10.4. The van der Waals surface area contributed by atoms with E-state index in [1.807, 2.05) is 19.2 Å². The molecular formula is C13H13BrN2O3. The molecule has 0 atom stereocenters. The van der Waals surface area contributed by atoms with Gasteiger partial charge < -0.3 is 4.42 Å². The molecule has 0 fully saturated rings. The van der Waals surface area contributed by atoms with Gasteiger partial charge >= 0.3 is 0 Å². The van der Waals surface area contributed by atoms with Crippen molar-refractivity contribution in [1.29, 1.82) is 0 Å². The largest absolute Gasteiger partial charge is 0.472 e. The fourth-order valence-corrected chi connectivity index (χ4v) is 2.40. The van der Waals surface area contributed by atoms with Gasteiger partial charge in [-0.2, -0.15) is 0 Å². The molecule has 5 nitrogen and oxygen atoms in total. The lowest BCUT2D eigenvalue weighted by molar-refractivity contribution is -0.385. The summed E-state index contributed by atoms with van der Waals surface area (Å²) in [5.41, 5.74) is 2.05. The summed E-state index contributed by atoms with van der Waals surface area (Å²) in [6.07, 6.45) is 3.32. The van der Waals surface area contributed by atoms with Crippen molar-refractivity contribution in [3.63, 3.8) is 0 Å². The fourth-order valence-electron chi connectivity index (χ4n) is 1.87. The van der Waals surface area contributed by atoms with Gasteiger partial charge in [0, 0.05) is 24.7 Å². The Hall–Kier alpha value is -1.66. The summed E-state index contributed by atoms with van der Waals surface area (Å²) in [6, 6.07) is 6.97. The average molecular weight is 325 g/mol. The molecule has 0 spiro atoms. The van der Waals surface area contributed by atoms with Crippen LogP contribution in [0.4, 0.5) is 5.69 Å². The van der Waals surface area contributed by atoms with E-state index in [0.717, 1.165) is 17.7 Å². The Labute approximate surface area is 119 Å². The Morgan fingerprint density at radius 1 is 1.37 bits per heavy atom. The monoisotopic (exact) mass is 324 g/mol. The molecule has 0 amide bonds. The molecule has 6 heteroatoms. The summed E-state index contributed by atoms with van der Waals surface area (Å²) in [6.45, 7) is 1.35. The Morgan fingerprint density at radius 3 is 2.79 bits per heavy atom. The normalized spacial score (nSPS) is 10.9. The second-order valence-corrected chi connectivity index (χ2v) is 5.10. The van der Waals surface area contributed by atoms with Gasteiger partial charge in [0.15, 0.2) is 0 Å². The second kappa shape index (κ2) is 5.99. The molecule has 1 aromatic carbocycles. The van der Waals surface area contributed by atoms with Crippen molar-refractivity contribution >= 4 is 21.6 Å². The molecule has 0 aliphatic heterocycles. The van der Waals surface area contributed by atoms with Crippen molar-refractivity contribution < 1.29 is 9.34 Å². The Balaban J connectivity index is 2.10.